The van der Waals surface area contributed by atoms with E-state index in [4.69, 9.17) is 32.7 Å². The molecule has 0 bridgehead atoms. The molecule has 0 aliphatic heterocycles. The number of nitrogens with one attached hydrogen (secondary N) is 1. The Morgan fingerprint density at radius 2 is 1.65 bits per heavy atom. The summed E-state index contributed by atoms with van der Waals surface area (Å²) in [5.41, 5.74) is 5.15. The number of ether oxygens (including phenoxy) is 2. The largest absolute Gasteiger partial charge is 0.493 e. The summed E-state index contributed by atoms with van der Waals surface area (Å²) in [5, 5.41) is 5.35. The maximum absolute atomic E-state index is 12.1. The van der Waals surface area contributed by atoms with E-state index in [1.165, 1.54) is 0 Å². The molecule has 31 heavy (non-hydrogen) atoms. The van der Waals surface area contributed by atoms with Crippen molar-refractivity contribution in [1.82, 2.24) is 5.43 Å². The molecular weight excluding hydrogens is 550 g/mol. The van der Waals surface area contributed by atoms with Crippen molar-refractivity contribution in [2.75, 3.05) is 7.11 Å². The van der Waals surface area contributed by atoms with E-state index in [1.54, 1.807) is 31.5 Å². The van der Waals surface area contributed by atoms with Gasteiger partial charge in [-0.1, -0.05) is 47.5 Å². The molecule has 0 heterocycles. The number of amides is 1. The van der Waals surface area contributed by atoms with Crippen LogP contribution in [-0.2, 0) is 17.8 Å². The number of hydrogen-bond donors (Lipinski definition) is 1. The Kier molecular flexibility index (Phi) is 8.57. The lowest BCUT2D eigenvalue weighted by Crippen LogP contribution is -2.19. The molecule has 0 fully saturated rings. The van der Waals surface area contributed by atoms with Crippen molar-refractivity contribution in [2.45, 2.75) is 13.0 Å². The van der Waals surface area contributed by atoms with Gasteiger partial charge in [-0.3, -0.25) is 4.79 Å². The molecular formula is C23H19Cl2IN2O3. The number of benzene rings is 3. The van der Waals surface area contributed by atoms with Gasteiger partial charge in [-0.05, 0) is 75.7 Å². The average Bonchev–Trinajstić information content (AvgIpc) is 2.75. The average molecular weight is 569 g/mol. The van der Waals surface area contributed by atoms with Crippen LogP contribution in [0.25, 0.3) is 0 Å². The first kappa shape index (κ1) is 23.4. The van der Waals surface area contributed by atoms with Gasteiger partial charge in [0.2, 0.25) is 5.91 Å². The highest BCUT2D eigenvalue weighted by molar-refractivity contribution is 14.1. The fourth-order valence-corrected chi connectivity index (χ4v) is 3.73. The Morgan fingerprint density at radius 3 is 2.26 bits per heavy atom. The molecule has 160 valence electrons. The monoisotopic (exact) mass is 568 g/mol. The Hall–Kier alpha value is -2.29. The van der Waals surface area contributed by atoms with Gasteiger partial charge in [0.1, 0.15) is 6.61 Å². The number of rotatable bonds is 8. The summed E-state index contributed by atoms with van der Waals surface area (Å²) in [6.07, 6.45) is 1.78. The minimum absolute atomic E-state index is 0.215. The highest BCUT2D eigenvalue weighted by atomic mass is 127. The van der Waals surface area contributed by atoms with Crippen molar-refractivity contribution in [1.29, 1.82) is 0 Å². The minimum Gasteiger partial charge on any atom is -0.493 e. The topological polar surface area (TPSA) is 59.9 Å². The summed E-state index contributed by atoms with van der Waals surface area (Å²) in [4.78, 5) is 12.1. The van der Waals surface area contributed by atoms with Crippen LogP contribution in [0, 0.1) is 3.57 Å². The van der Waals surface area contributed by atoms with Crippen LogP contribution in [0.4, 0.5) is 0 Å². The zero-order chi connectivity index (χ0) is 22.2. The van der Waals surface area contributed by atoms with Gasteiger partial charge in [-0.2, -0.15) is 5.10 Å². The summed E-state index contributed by atoms with van der Waals surface area (Å²) >= 11 is 14.0. The first-order valence-corrected chi connectivity index (χ1v) is 11.1. The van der Waals surface area contributed by atoms with Crippen molar-refractivity contribution in [3.63, 3.8) is 0 Å². The lowest BCUT2D eigenvalue weighted by Gasteiger charge is -2.13. The van der Waals surface area contributed by atoms with Gasteiger partial charge in [0, 0.05) is 10.0 Å². The van der Waals surface area contributed by atoms with E-state index < -0.39 is 0 Å². The predicted octanol–water partition coefficient (Wildman–Crippen LogP) is 5.88. The van der Waals surface area contributed by atoms with Crippen LogP contribution >= 0.6 is 45.8 Å². The molecule has 0 saturated carbocycles. The smallest absolute Gasteiger partial charge is 0.244 e. The lowest BCUT2D eigenvalue weighted by atomic mass is 10.1. The number of nitrogens with zero attached hydrogens (tertiary/aromatic N) is 1. The highest BCUT2D eigenvalue weighted by Crippen LogP contribution is 2.34. The number of carbonyl (C=O) groups excluding carboxylic acids is 1. The number of halogens is 3. The van der Waals surface area contributed by atoms with Crippen molar-refractivity contribution in [3.05, 3.63) is 91.0 Å². The van der Waals surface area contributed by atoms with Crippen LogP contribution in [0.1, 0.15) is 16.7 Å². The quantitative estimate of drug-likeness (QED) is 0.210. The zero-order valence-electron chi connectivity index (χ0n) is 16.6. The molecule has 5 nitrogen and oxygen atoms in total. The normalized spacial score (nSPS) is 10.8. The first-order chi connectivity index (χ1) is 14.9. The molecule has 1 N–H and O–H groups in total. The molecule has 0 spiro atoms. The van der Waals surface area contributed by atoms with E-state index in [0.29, 0.717) is 28.2 Å². The SMILES string of the molecule is COc1cc(/C=N\NC(=O)Cc2ccc(Cl)cc2)cc(I)c1OCc1ccc(Cl)cc1. The van der Waals surface area contributed by atoms with Crippen molar-refractivity contribution in [3.8, 4) is 11.5 Å². The molecule has 1 amide bonds. The van der Waals surface area contributed by atoms with Gasteiger partial charge >= 0.3 is 0 Å². The van der Waals surface area contributed by atoms with Crippen molar-refractivity contribution >= 4 is 57.9 Å². The second kappa shape index (κ2) is 11.4. The van der Waals surface area contributed by atoms with E-state index in [-0.39, 0.29) is 12.3 Å². The molecule has 0 atom stereocenters. The van der Waals surface area contributed by atoms with Gasteiger partial charge in [-0.25, -0.2) is 5.43 Å². The minimum atomic E-state index is -0.219. The van der Waals surface area contributed by atoms with E-state index in [1.807, 2.05) is 42.5 Å². The molecule has 3 aromatic carbocycles. The van der Waals surface area contributed by atoms with Crippen LogP contribution in [0.5, 0.6) is 11.5 Å². The van der Waals surface area contributed by atoms with Gasteiger partial charge < -0.3 is 9.47 Å². The van der Waals surface area contributed by atoms with Crippen LogP contribution in [0.15, 0.2) is 65.8 Å². The molecule has 8 heteroatoms. The highest BCUT2D eigenvalue weighted by Gasteiger charge is 2.12. The third kappa shape index (κ3) is 7.12. The number of hydrazone groups is 1. The first-order valence-electron chi connectivity index (χ1n) is 9.25. The van der Waals surface area contributed by atoms with Gasteiger partial charge in [0.05, 0.1) is 23.3 Å². The Bertz CT molecular complexity index is 1070. The van der Waals surface area contributed by atoms with Crippen molar-refractivity contribution < 1.29 is 14.3 Å². The second-order valence-electron chi connectivity index (χ2n) is 6.55. The molecule has 0 aromatic heterocycles. The van der Waals surface area contributed by atoms with E-state index in [9.17, 15) is 4.79 Å². The van der Waals surface area contributed by atoms with E-state index in [2.05, 4.69) is 33.1 Å². The summed E-state index contributed by atoms with van der Waals surface area (Å²) in [6.45, 7) is 0.387. The summed E-state index contributed by atoms with van der Waals surface area (Å²) < 4.78 is 12.3. The second-order valence-corrected chi connectivity index (χ2v) is 8.58. The van der Waals surface area contributed by atoms with Crippen LogP contribution in [-0.4, -0.2) is 19.2 Å². The Morgan fingerprint density at radius 1 is 1.03 bits per heavy atom. The summed E-state index contributed by atoms with van der Waals surface area (Å²) in [5.74, 6) is 1.000. The summed E-state index contributed by atoms with van der Waals surface area (Å²) in [7, 11) is 1.58. The zero-order valence-corrected chi connectivity index (χ0v) is 20.2. The van der Waals surface area contributed by atoms with Crippen LogP contribution in [0.2, 0.25) is 10.0 Å². The van der Waals surface area contributed by atoms with Crippen LogP contribution < -0.4 is 14.9 Å². The molecule has 0 unspecified atom stereocenters. The third-order valence-corrected chi connectivity index (χ3v) is 5.53. The predicted molar refractivity (Wildman–Crippen MR) is 132 cm³/mol. The van der Waals surface area contributed by atoms with E-state index in [0.717, 1.165) is 20.3 Å². The Balaban J connectivity index is 1.62. The Labute approximate surface area is 204 Å². The van der Waals surface area contributed by atoms with Gasteiger partial charge in [0.25, 0.3) is 0 Å². The summed E-state index contributed by atoms with van der Waals surface area (Å²) in [6, 6.07) is 18.3. The molecule has 0 aliphatic carbocycles. The number of methoxy groups -OCH3 is 1. The molecule has 3 aromatic rings. The molecule has 3 rings (SSSR count). The maximum Gasteiger partial charge on any atom is 0.244 e. The molecule has 0 saturated heterocycles. The maximum atomic E-state index is 12.1. The molecule has 0 aliphatic rings. The lowest BCUT2D eigenvalue weighted by molar-refractivity contribution is -0.120. The fraction of sp³-hybridized carbons (Fsp3) is 0.130. The van der Waals surface area contributed by atoms with Gasteiger partial charge in [-0.15, -0.1) is 0 Å². The number of carbonyl (C=O) groups is 1. The van der Waals surface area contributed by atoms with Gasteiger partial charge in [0.15, 0.2) is 11.5 Å². The van der Waals surface area contributed by atoms with Crippen LogP contribution in [0.3, 0.4) is 0 Å². The van der Waals surface area contributed by atoms with E-state index >= 15 is 0 Å². The fourth-order valence-electron chi connectivity index (χ4n) is 2.70. The third-order valence-electron chi connectivity index (χ3n) is 4.23. The standard InChI is InChI=1S/C23H19Cl2IN2O3/c1-30-21-11-17(13-27-28-22(29)12-15-2-6-18(24)7-3-15)10-20(26)23(21)31-14-16-4-8-19(25)9-5-16/h2-11,13H,12,14H2,1H3,(H,28,29)/b27-13-. The van der Waals surface area contributed by atoms with Crippen molar-refractivity contribution in [2.24, 2.45) is 5.10 Å². The molecule has 0 radical (unpaired) electrons. The number of hydrogen-bond acceptors (Lipinski definition) is 4.